The molecule has 0 spiro atoms. The maximum atomic E-state index is 14.1. The van der Waals surface area contributed by atoms with E-state index in [9.17, 15) is 14.4 Å². The average Bonchev–Trinajstić information content (AvgIpc) is 3.57. The van der Waals surface area contributed by atoms with Gasteiger partial charge in [0.25, 0.3) is 0 Å². The van der Waals surface area contributed by atoms with Crippen LogP contribution >= 0.6 is 0 Å². The van der Waals surface area contributed by atoms with Gasteiger partial charge in [-0.3, -0.25) is 14.4 Å². The van der Waals surface area contributed by atoms with Crippen molar-refractivity contribution in [3.63, 3.8) is 0 Å². The van der Waals surface area contributed by atoms with Gasteiger partial charge in [0, 0.05) is 24.6 Å². The van der Waals surface area contributed by atoms with Crippen molar-refractivity contribution in [3.05, 3.63) is 102 Å². The summed E-state index contributed by atoms with van der Waals surface area (Å²) in [6.07, 6.45) is 2.67. The van der Waals surface area contributed by atoms with Crippen molar-refractivity contribution in [2.45, 2.75) is 51.5 Å². The normalized spacial score (nSPS) is 22.7. The Bertz CT molecular complexity index is 1490. The third kappa shape index (κ3) is 7.13. The zero-order valence-electron chi connectivity index (χ0n) is 25.9. The summed E-state index contributed by atoms with van der Waals surface area (Å²) >= 11 is 0. The van der Waals surface area contributed by atoms with Crippen molar-refractivity contribution in [2.75, 3.05) is 27.4 Å². The van der Waals surface area contributed by atoms with Crippen LogP contribution in [0.15, 0.2) is 89.2 Å². The Kier molecular flexibility index (Phi) is 10.4. The molecular formula is C35H40N2O8. The third-order valence-corrected chi connectivity index (χ3v) is 8.53. The third-order valence-electron chi connectivity index (χ3n) is 8.53. The number of hydrogen-bond acceptors (Lipinski definition) is 8. The molecule has 5 rings (SSSR count). The monoisotopic (exact) mass is 616 g/mol. The molecule has 1 aromatic heterocycles. The molecule has 0 saturated carbocycles. The van der Waals surface area contributed by atoms with E-state index in [1.165, 1.54) is 13.4 Å². The van der Waals surface area contributed by atoms with Crippen LogP contribution in [0.3, 0.4) is 0 Å². The van der Waals surface area contributed by atoms with Gasteiger partial charge in [-0.1, -0.05) is 48.5 Å². The van der Waals surface area contributed by atoms with Crippen molar-refractivity contribution in [1.82, 2.24) is 10.2 Å². The molecule has 1 saturated heterocycles. The zero-order chi connectivity index (χ0) is 31.8. The van der Waals surface area contributed by atoms with Crippen LogP contribution in [0.5, 0.6) is 5.75 Å². The number of carbonyl (C=O) groups is 3. The van der Waals surface area contributed by atoms with E-state index in [0.29, 0.717) is 31.0 Å². The first-order chi connectivity index (χ1) is 21.8. The van der Waals surface area contributed by atoms with Crippen molar-refractivity contribution < 1.29 is 37.7 Å². The highest BCUT2D eigenvalue weighted by molar-refractivity contribution is 5.92. The van der Waals surface area contributed by atoms with Crippen LogP contribution in [0.2, 0.25) is 0 Å². The van der Waals surface area contributed by atoms with Crippen molar-refractivity contribution >= 4 is 17.8 Å². The number of fused-ring (bicyclic) bond motifs is 1. The Labute approximate surface area is 263 Å². The Morgan fingerprint density at radius 2 is 1.82 bits per heavy atom. The Balaban J connectivity index is 1.36. The first-order valence-corrected chi connectivity index (χ1v) is 15.2. The fourth-order valence-corrected chi connectivity index (χ4v) is 6.28. The number of benzene rings is 2. The molecule has 1 fully saturated rings. The fraction of sp³-hybridized carbons (Fsp3) is 0.400. The van der Waals surface area contributed by atoms with Gasteiger partial charge in [-0.25, -0.2) is 0 Å². The summed E-state index contributed by atoms with van der Waals surface area (Å²) in [5.74, 6) is -0.582. The van der Waals surface area contributed by atoms with Gasteiger partial charge in [-0.05, 0) is 55.2 Å². The number of nitrogens with zero attached hydrogens (tertiary/aromatic N) is 1. The summed E-state index contributed by atoms with van der Waals surface area (Å²) in [4.78, 5) is 42.5. The summed E-state index contributed by atoms with van der Waals surface area (Å²) in [6, 6.07) is 20.9. The van der Waals surface area contributed by atoms with E-state index in [4.69, 9.17) is 23.4 Å². The molecule has 10 nitrogen and oxygen atoms in total. The second kappa shape index (κ2) is 14.6. The molecule has 0 bridgehead atoms. The molecule has 3 aromatic rings. The average molecular weight is 617 g/mol. The summed E-state index contributed by atoms with van der Waals surface area (Å²) in [7, 11) is 2.93. The molecule has 3 heterocycles. The number of para-hydroxylation sites is 1. The molecular weight excluding hydrogens is 576 g/mol. The van der Waals surface area contributed by atoms with Gasteiger partial charge in [-0.15, -0.1) is 0 Å². The van der Waals surface area contributed by atoms with Gasteiger partial charge in [0.05, 0.1) is 46.3 Å². The van der Waals surface area contributed by atoms with Crippen LogP contribution in [0.4, 0.5) is 0 Å². The number of nitrogens with one attached hydrogen (secondary N) is 1. The Morgan fingerprint density at radius 1 is 1.04 bits per heavy atom. The molecule has 2 aliphatic heterocycles. The topological polar surface area (TPSA) is 117 Å². The second-order valence-electron chi connectivity index (χ2n) is 11.4. The van der Waals surface area contributed by atoms with Gasteiger partial charge in [-0.2, -0.15) is 0 Å². The largest absolute Gasteiger partial charge is 0.496 e. The number of piperidine rings is 1. The molecule has 0 unspecified atom stereocenters. The molecule has 1 N–H and O–H groups in total. The molecule has 238 valence electrons. The Morgan fingerprint density at radius 3 is 2.56 bits per heavy atom. The lowest BCUT2D eigenvalue weighted by Gasteiger charge is -2.51. The summed E-state index contributed by atoms with van der Waals surface area (Å²) in [5, 5.41) is 2.93. The molecule has 0 radical (unpaired) electrons. The number of esters is 1. The predicted octanol–water partition coefficient (Wildman–Crippen LogP) is 4.43. The number of furan rings is 1. The van der Waals surface area contributed by atoms with E-state index in [2.05, 4.69) is 5.32 Å². The van der Waals surface area contributed by atoms with Gasteiger partial charge in [0.15, 0.2) is 0 Å². The number of likely N-dealkylation sites (tertiary alicyclic amines) is 1. The summed E-state index contributed by atoms with van der Waals surface area (Å²) < 4.78 is 28.7. The van der Waals surface area contributed by atoms with Gasteiger partial charge in [0.1, 0.15) is 23.0 Å². The van der Waals surface area contributed by atoms with Crippen molar-refractivity contribution in [3.8, 4) is 5.75 Å². The standard InChI is InChI=1S/C35H40N2O8/c1-24-35(34(40)42-3)20-27(18-32(38)36-16-15-26-12-7-8-14-30(26)41-2)33(39)37(21-28-13-9-17-44-28)31(35)19-29(45-24)23-43-22-25-10-5-4-6-11-25/h4-14,17,19,24,27,29H,15-16,18,20-23H2,1-3H3,(H,36,38)/t24-,27+,29-,35+/m1/s1. The second-order valence-corrected chi connectivity index (χ2v) is 11.4. The van der Waals surface area contributed by atoms with Crippen LogP contribution in [0, 0.1) is 11.3 Å². The molecule has 4 atom stereocenters. The number of rotatable bonds is 13. The fourth-order valence-electron chi connectivity index (χ4n) is 6.28. The highest BCUT2D eigenvalue weighted by Crippen LogP contribution is 2.50. The predicted molar refractivity (Wildman–Crippen MR) is 165 cm³/mol. The minimum atomic E-state index is -1.31. The molecule has 45 heavy (non-hydrogen) atoms. The maximum absolute atomic E-state index is 14.1. The van der Waals surface area contributed by atoms with E-state index in [-0.39, 0.29) is 37.8 Å². The quantitative estimate of drug-likeness (QED) is 0.281. The lowest BCUT2D eigenvalue weighted by molar-refractivity contribution is -0.178. The number of amides is 2. The highest BCUT2D eigenvalue weighted by atomic mass is 16.6. The number of carbonyl (C=O) groups excluding carboxylic acids is 3. The first-order valence-electron chi connectivity index (χ1n) is 15.2. The lowest BCUT2D eigenvalue weighted by Crippen LogP contribution is -2.60. The number of hydrogen-bond donors (Lipinski definition) is 1. The van der Waals surface area contributed by atoms with E-state index in [1.807, 2.05) is 54.6 Å². The minimum absolute atomic E-state index is 0.0671. The smallest absolute Gasteiger partial charge is 0.320 e. The van der Waals surface area contributed by atoms with Crippen molar-refractivity contribution in [1.29, 1.82) is 0 Å². The summed E-state index contributed by atoms with van der Waals surface area (Å²) in [6.45, 7) is 2.88. The van der Waals surface area contributed by atoms with Crippen LogP contribution in [0.25, 0.3) is 0 Å². The molecule has 0 aliphatic carbocycles. The van der Waals surface area contributed by atoms with Crippen LogP contribution < -0.4 is 10.1 Å². The van der Waals surface area contributed by atoms with Crippen molar-refractivity contribution in [2.24, 2.45) is 11.3 Å². The van der Waals surface area contributed by atoms with Crippen LogP contribution in [-0.4, -0.2) is 62.3 Å². The molecule has 10 heteroatoms. The molecule has 2 aromatic carbocycles. The summed E-state index contributed by atoms with van der Waals surface area (Å²) in [5.41, 5.74) is 1.16. The molecule has 2 aliphatic rings. The first kappa shape index (κ1) is 32.0. The zero-order valence-corrected chi connectivity index (χ0v) is 25.9. The minimum Gasteiger partial charge on any atom is -0.496 e. The van der Waals surface area contributed by atoms with Gasteiger partial charge < -0.3 is 33.6 Å². The van der Waals surface area contributed by atoms with Crippen LogP contribution in [-0.2, 0) is 48.2 Å². The van der Waals surface area contributed by atoms with E-state index < -0.39 is 29.5 Å². The number of ether oxygens (including phenoxy) is 4. The van der Waals surface area contributed by atoms with E-state index >= 15 is 0 Å². The highest BCUT2D eigenvalue weighted by Gasteiger charge is 2.59. The van der Waals surface area contributed by atoms with Crippen LogP contribution in [0.1, 0.15) is 36.7 Å². The van der Waals surface area contributed by atoms with E-state index in [1.54, 1.807) is 37.1 Å². The maximum Gasteiger partial charge on any atom is 0.320 e. The lowest BCUT2D eigenvalue weighted by atomic mass is 9.66. The van der Waals surface area contributed by atoms with Gasteiger partial charge in [0.2, 0.25) is 11.8 Å². The van der Waals surface area contributed by atoms with Gasteiger partial charge >= 0.3 is 5.97 Å². The Hall–Kier alpha value is -4.41. The number of methoxy groups -OCH3 is 2. The van der Waals surface area contributed by atoms with E-state index in [0.717, 1.165) is 16.9 Å². The molecule has 2 amide bonds. The SMILES string of the molecule is COC(=O)[C@]12C[C@H](CC(=O)NCCc3ccccc3OC)C(=O)N(Cc3ccco3)C1=C[C@H](COCc1ccccc1)O[C@@H]2C.